The minimum Gasteiger partial charge on any atom is -0.398 e. The normalized spacial score (nSPS) is 15.1. The van der Waals surface area contributed by atoms with E-state index in [4.69, 9.17) is 23.1 Å². The zero-order valence-electron chi connectivity index (χ0n) is 14.9. The van der Waals surface area contributed by atoms with Crippen molar-refractivity contribution in [3.8, 4) is 0 Å². The number of aromatic nitrogens is 2. The van der Waals surface area contributed by atoms with E-state index in [0.29, 0.717) is 32.9 Å². The van der Waals surface area contributed by atoms with Crippen molar-refractivity contribution in [2.45, 2.75) is 12.8 Å². The molecule has 1 fully saturated rings. The molecule has 140 valence electrons. The monoisotopic (exact) mass is 386 g/mol. The lowest BCUT2D eigenvalue weighted by atomic mass is 10.1. The number of aliphatic imine (C=N–C) groups is 1. The second-order valence-electron chi connectivity index (χ2n) is 6.75. The van der Waals surface area contributed by atoms with Crippen molar-refractivity contribution in [3.63, 3.8) is 0 Å². The summed E-state index contributed by atoms with van der Waals surface area (Å²) in [6, 6.07) is 6.73. The van der Waals surface area contributed by atoms with Gasteiger partial charge in [0, 0.05) is 49.2 Å². The van der Waals surface area contributed by atoms with Crippen LogP contribution in [-0.2, 0) is 7.05 Å². The second-order valence-corrected chi connectivity index (χ2v) is 7.16. The molecule has 4 rings (SSSR count). The van der Waals surface area contributed by atoms with Crippen molar-refractivity contribution in [1.82, 2.24) is 9.78 Å². The number of aryl methyl sites for hydroxylation is 1. The predicted molar refractivity (Wildman–Crippen MR) is 108 cm³/mol. The molecule has 2 heterocycles. The van der Waals surface area contributed by atoms with Gasteiger partial charge in [-0.3, -0.25) is 4.68 Å². The first-order valence-electron chi connectivity index (χ1n) is 8.74. The lowest BCUT2D eigenvalue weighted by Gasteiger charge is -2.20. The van der Waals surface area contributed by atoms with Crippen LogP contribution in [0, 0.1) is 5.82 Å². The first kappa shape index (κ1) is 17.6. The van der Waals surface area contributed by atoms with Crippen LogP contribution in [0.1, 0.15) is 18.4 Å². The molecule has 3 aromatic rings. The molecular weight excluding hydrogens is 367 g/mol. The maximum atomic E-state index is 14.3. The van der Waals surface area contributed by atoms with Gasteiger partial charge in [0.15, 0.2) is 5.82 Å². The maximum absolute atomic E-state index is 14.3. The van der Waals surface area contributed by atoms with Gasteiger partial charge in [0.1, 0.15) is 11.4 Å². The fourth-order valence-electron chi connectivity index (χ4n) is 3.50. The van der Waals surface area contributed by atoms with Crippen molar-refractivity contribution < 1.29 is 4.39 Å². The minimum absolute atomic E-state index is 0.146. The van der Waals surface area contributed by atoms with Crippen LogP contribution >= 0.6 is 11.6 Å². The standard InChI is InChI=1S/C19H20ClFN6/c1-26-10-11-6-12(7-15(21)18(11)25-26)24-19(23)17-14(20)8-13(9-16(17)22)27-4-2-3-5-27/h6-10H,2-5,22H2,1H3,(H2,23,24). The van der Waals surface area contributed by atoms with Gasteiger partial charge in [0.05, 0.1) is 16.3 Å². The molecule has 4 N–H and O–H groups in total. The van der Waals surface area contributed by atoms with Gasteiger partial charge in [-0.05, 0) is 31.0 Å². The highest BCUT2D eigenvalue weighted by Gasteiger charge is 2.17. The molecule has 6 nitrogen and oxygen atoms in total. The molecule has 0 spiro atoms. The number of fused-ring (bicyclic) bond motifs is 1. The van der Waals surface area contributed by atoms with Crippen LogP contribution in [0.4, 0.5) is 21.5 Å². The molecule has 0 amide bonds. The number of rotatable bonds is 3. The first-order chi connectivity index (χ1) is 12.9. The topological polar surface area (TPSA) is 85.5 Å². The summed E-state index contributed by atoms with van der Waals surface area (Å²) < 4.78 is 15.8. The van der Waals surface area contributed by atoms with Crippen LogP contribution in [0.2, 0.25) is 5.02 Å². The molecule has 0 saturated carbocycles. The average Bonchev–Trinajstić information content (AvgIpc) is 3.23. The number of hydrogen-bond acceptors (Lipinski definition) is 4. The van der Waals surface area contributed by atoms with Crippen LogP contribution in [-0.4, -0.2) is 28.7 Å². The van der Waals surface area contributed by atoms with Gasteiger partial charge in [-0.25, -0.2) is 9.38 Å². The zero-order chi connectivity index (χ0) is 19.1. The summed E-state index contributed by atoms with van der Waals surface area (Å²) in [5.74, 6) is -0.309. The van der Waals surface area contributed by atoms with Crippen LogP contribution in [0.3, 0.4) is 0 Å². The largest absolute Gasteiger partial charge is 0.398 e. The fourth-order valence-corrected chi connectivity index (χ4v) is 3.82. The highest BCUT2D eigenvalue weighted by molar-refractivity contribution is 6.35. The van der Waals surface area contributed by atoms with E-state index in [9.17, 15) is 4.39 Å². The Morgan fingerprint density at radius 1 is 1.22 bits per heavy atom. The van der Waals surface area contributed by atoms with E-state index in [0.717, 1.165) is 31.6 Å². The fraction of sp³-hybridized carbons (Fsp3) is 0.263. The molecule has 1 aromatic heterocycles. The van der Waals surface area contributed by atoms with E-state index >= 15 is 0 Å². The van der Waals surface area contributed by atoms with Crippen molar-refractivity contribution in [2.75, 3.05) is 23.7 Å². The van der Waals surface area contributed by atoms with E-state index in [1.165, 1.54) is 6.07 Å². The van der Waals surface area contributed by atoms with Crippen molar-refractivity contribution in [2.24, 2.45) is 17.8 Å². The molecule has 0 radical (unpaired) electrons. The number of nitrogen functional groups attached to an aromatic ring is 1. The van der Waals surface area contributed by atoms with E-state index in [1.807, 2.05) is 12.1 Å². The van der Waals surface area contributed by atoms with Gasteiger partial charge < -0.3 is 16.4 Å². The quantitative estimate of drug-likeness (QED) is 0.409. The molecule has 0 aliphatic carbocycles. The second kappa shape index (κ2) is 6.74. The van der Waals surface area contributed by atoms with Gasteiger partial charge in [-0.15, -0.1) is 0 Å². The van der Waals surface area contributed by atoms with Crippen molar-refractivity contribution in [1.29, 1.82) is 0 Å². The van der Waals surface area contributed by atoms with Gasteiger partial charge in [0.2, 0.25) is 0 Å². The Labute approximate surface area is 161 Å². The number of anilines is 2. The number of nitrogens with zero attached hydrogens (tertiary/aromatic N) is 4. The zero-order valence-corrected chi connectivity index (χ0v) is 15.7. The summed E-state index contributed by atoms with van der Waals surface area (Å²) in [7, 11) is 1.74. The molecule has 0 unspecified atom stereocenters. The number of amidine groups is 1. The van der Waals surface area contributed by atoms with Gasteiger partial charge in [0.25, 0.3) is 0 Å². The Morgan fingerprint density at radius 3 is 2.67 bits per heavy atom. The smallest absolute Gasteiger partial charge is 0.153 e. The number of hydrogen-bond donors (Lipinski definition) is 2. The Kier molecular flexibility index (Phi) is 4.39. The van der Waals surface area contributed by atoms with E-state index < -0.39 is 5.82 Å². The van der Waals surface area contributed by atoms with Crippen molar-refractivity contribution in [3.05, 3.63) is 46.9 Å². The maximum Gasteiger partial charge on any atom is 0.153 e. The summed E-state index contributed by atoms with van der Waals surface area (Å²) in [5.41, 5.74) is 14.9. The highest BCUT2D eigenvalue weighted by atomic mass is 35.5. The molecule has 1 saturated heterocycles. The predicted octanol–water partition coefficient (Wildman–Crippen LogP) is 3.59. The lowest BCUT2D eigenvalue weighted by molar-refractivity contribution is 0.632. The van der Waals surface area contributed by atoms with Crippen LogP contribution < -0.4 is 16.4 Å². The molecule has 1 aliphatic rings. The minimum atomic E-state index is -0.455. The lowest BCUT2D eigenvalue weighted by Crippen LogP contribution is -2.20. The highest BCUT2D eigenvalue weighted by Crippen LogP contribution is 2.32. The van der Waals surface area contributed by atoms with Crippen LogP contribution in [0.5, 0.6) is 0 Å². The molecule has 0 bridgehead atoms. The molecule has 2 aromatic carbocycles. The van der Waals surface area contributed by atoms with E-state index in [2.05, 4.69) is 15.0 Å². The van der Waals surface area contributed by atoms with E-state index in [-0.39, 0.29) is 5.84 Å². The summed E-state index contributed by atoms with van der Waals surface area (Å²) in [6.07, 6.45) is 4.04. The van der Waals surface area contributed by atoms with Crippen LogP contribution in [0.25, 0.3) is 10.9 Å². The number of nitrogens with two attached hydrogens (primary N) is 2. The SMILES string of the molecule is Cn1cc2cc(N=C(N)c3c(N)cc(N4CCCC4)cc3Cl)cc(F)c2n1. The van der Waals surface area contributed by atoms with Gasteiger partial charge in [-0.1, -0.05) is 11.6 Å². The Bertz CT molecular complexity index is 1030. The third kappa shape index (κ3) is 3.30. The summed E-state index contributed by atoms with van der Waals surface area (Å²) in [4.78, 5) is 6.58. The molecule has 1 aliphatic heterocycles. The van der Waals surface area contributed by atoms with E-state index in [1.54, 1.807) is 24.0 Å². The Balaban J connectivity index is 1.72. The average molecular weight is 387 g/mol. The van der Waals surface area contributed by atoms with Crippen molar-refractivity contribution >= 4 is 45.4 Å². The summed E-state index contributed by atoms with van der Waals surface area (Å²) in [5, 5.41) is 5.16. The third-order valence-corrected chi connectivity index (χ3v) is 5.04. The Hall–Kier alpha value is -2.80. The van der Waals surface area contributed by atoms with Gasteiger partial charge >= 0.3 is 0 Å². The number of halogens is 2. The summed E-state index contributed by atoms with van der Waals surface area (Å²) in [6.45, 7) is 1.98. The molecular formula is C19H20ClFN6. The number of benzene rings is 2. The van der Waals surface area contributed by atoms with Crippen LogP contribution in [0.15, 0.2) is 35.5 Å². The first-order valence-corrected chi connectivity index (χ1v) is 9.11. The summed E-state index contributed by atoms with van der Waals surface area (Å²) >= 11 is 6.45. The molecule has 27 heavy (non-hydrogen) atoms. The Morgan fingerprint density at radius 2 is 1.96 bits per heavy atom. The molecule has 8 heteroatoms. The third-order valence-electron chi connectivity index (χ3n) is 4.74. The molecule has 0 atom stereocenters. The van der Waals surface area contributed by atoms with Gasteiger partial charge in [-0.2, -0.15) is 5.10 Å².